The molecule has 4 N–H and O–H groups in total. The Labute approximate surface area is 159 Å². The molecule has 0 spiro atoms. The molecule has 2 rings (SSSR count). The fourth-order valence-corrected chi connectivity index (χ4v) is 3.58. The third-order valence-corrected chi connectivity index (χ3v) is 4.98. The lowest BCUT2D eigenvalue weighted by Gasteiger charge is -2.32. The first-order chi connectivity index (χ1) is 12.4. The molecule has 1 aliphatic carbocycles. The summed E-state index contributed by atoms with van der Waals surface area (Å²) in [6.45, 7) is 8.80. The maximum Gasteiger partial charge on any atom is 0.330 e. The van der Waals surface area contributed by atoms with E-state index in [1.54, 1.807) is 4.90 Å². The Morgan fingerprint density at radius 3 is 2.65 bits per heavy atom. The van der Waals surface area contributed by atoms with Crippen molar-refractivity contribution in [2.24, 2.45) is 0 Å². The monoisotopic (exact) mass is 379 g/mol. The van der Waals surface area contributed by atoms with Crippen LogP contribution in [0.5, 0.6) is 0 Å². The summed E-state index contributed by atoms with van der Waals surface area (Å²) in [7, 11) is 0. The summed E-state index contributed by atoms with van der Waals surface area (Å²) in [6.07, 6.45) is 5.75. The van der Waals surface area contributed by atoms with Crippen LogP contribution < -0.4 is 27.2 Å². The van der Waals surface area contributed by atoms with Crippen LogP contribution in [0.2, 0.25) is 0 Å². The third kappa shape index (κ3) is 4.55. The van der Waals surface area contributed by atoms with Crippen LogP contribution in [0.15, 0.2) is 21.7 Å². The molecule has 1 aromatic heterocycles. The van der Waals surface area contributed by atoms with Gasteiger partial charge in [0, 0.05) is 19.1 Å². The van der Waals surface area contributed by atoms with Crippen molar-refractivity contribution in [3.8, 4) is 0 Å². The molecule has 0 atom stereocenters. The molecule has 0 amide bonds. The molecule has 7 nitrogen and oxygen atoms in total. The lowest BCUT2D eigenvalue weighted by atomic mass is 10.2. The van der Waals surface area contributed by atoms with E-state index in [1.807, 2.05) is 13.8 Å². The van der Waals surface area contributed by atoms with Gasteiger partial charge in [0.2, 0.25) is 0 Å². The number of nitrogens with two attached hydrogens (primary N) is 1. The second-order valence-electron chi connectivity index (χ2n) is 6.92. The summed E-state index contributed by atoms with van der Waals surface area (Å²) in [6, 6.07) is 0.0978. The lowest BCUT2D eigenvalue weighted by Crippen LogP contribution is -2.49. The highest BCUT2D eigenvalue weighted by Gasteiger charge is 2.30. The first-order valence-electron chi connectivity index (χ1n) is 9.20. The fraction of sp³-hybridized carbons (Fsp3) is 0.611. The zero-order chi connectivity index (χ0) is 19.3. The van der Waals surface area contributed by atoms with Crippen LogP contribution in [0.1, 0.15) is 52.4 Å². The molecule has 0 bridgehead atoms. The molecule has 0 aliphatic heterocycles. The fourth-order valence-electron chi connectivity index (χ4n) is 3.27. The van der Waals surface area contributed by atoms with Gasteiger partial charge in [0.15, 0.2) is 10.8 Å². The van der Waals surface area contributed by atoms with Gasteiger partial charge in [-0.05, 0) is 38.4 Å². The first-order valence-corrected chi connectivity index (χ1v) is 9.61. The number of rotatable bonds is 7. The van der Waals surface area contributed by atoms with Crippen molar-refractivity contribution < 1.29 is 0 Å². The van der Waals surface area contributed by atoms with Gasteiger partial charge in [-0.15, -0.1) is 0 Å². The van der Waals surface area contributed by atoms with Gasteiger partial charge in [-0.3, -0.25) is 14.3 Å². The number of H-pyrrole nitrogens is 1. The summed E-state index contributed by atoms with van der Waals surface area (Å²) in [5, 5.41) is 3.59. The quantitative estimate of drug-likeness (QED) is 0.496. The Kier molecular flexibility index (Phi) is 7.02. The summed E-state index contributed by atoms with van der Waals surface area (Å²) >= 11 is 5.57. The first kappa shape index (κ1) is 20.2. The summed E-state index contributed by atoms with van der Waals surface area (Å²) < 4.78 is 1.43. The van der Waals surface area contributed by atoms with E-state index >= 15 is 0 Å². The molecule has 0 aromatic carbocycles. The molecule has 144 valence electrons. The number of hydrogen-bond acceptors (Lipinski definition) is 4. The highest BCUT2D eigenvalue weighted by molar-refractivity contribution is 7.80. The molecule has 0 saturated heterocycles. The van der Waals surface area contributed by atoms with Crippen LogP contribution in [0.4, 0.5) is 11.5 Å². The standard InChI is InChI=1S/C18H29N5O2S/c1-4-5-10-22-15(19)14(16(24)21-17(22)25)23(13-8-6-7-9-13)18(26)20-11-12(2)3/h13H,2,4-11,19H2,1,3H3,(H,20,26)(H,21,24,25). The second kappa shape index (κ2) is 9.02. The van der Waals surface area contributed by atoms with Gasteiger partial charge in [0.05, 0.1) is 0 Å². The Balaban J connectivity index is 2.49. The van der Waals surface area contributed by atoms with Crippen molar-refractivity contribution in [3.05, 3.63) is 33.0 Å². The molecule has 1 heterocycles. The summed E-state index contributed by atoms with van der Waals surface area (Å²) in [4.78, 5) is 29.0. The van der Waals surface area contributed by atoms with E-state index in [9.17, 15) is 9.59 Å². The molecule has 0 unspecified atom stereocenters. The molecule has 8 heteroatoms. The predicted octanol–water partition coefficient (Wildman–Crippen LogP) is 2.12. The van der Waals surface area contributed by atoms with Crippen LogP contribution in [0.25, 0.3) is 0 Å². The van der Waals surface area contributed by atoms with Gasteiger partial charge < -0.3 is 16.0 Å². The van der Waals surface area contributed by atoms with E-state index in [0.29, 0.717) is 18.2 Å². The number of nitrogens with one attached hydrogen (secondary N) is 2. The van der Waals surface area contributed by atoms with Crippen LogP contribution in [-0.2, 0) is 6.54 Å². The van der Waals surface area contributed by atoms with E-state index in [2.05, 4.69) is 16.9 Å². The average molecular weight is 380 g/mol. The largest absolute Gasteiger partial charge is 0.383 e. The number of hydrogen-bond donors (Lipinski definition) is 3. The normalized spacial score (nSPS) is 14.4. The van der Waals surface area contributed by atoms with E-state index in [1.165, 1.54) is 4.57 Å². The number of unbranched alkanes of at least 4 members (excludes halogenated alkanes) is 1. The number of nitrogen functional groups attached to an aromatic ring is 1. The van der Waals surface area contributed by atoms with Crippen molar-refractivity contribution in [1.82, 2.24) is 14.9 Å². The zero-order valence-corrected chi connectivity index (χ0v) is 16.5. The number of aromatic nitrogens is 2. The molecule has 1 aliphatic rings. The number of anilines is 2. The highest BCUT2D eigenvalue weighted by atomic mass is 32.1. The number of thiocarbonyl (C=S) groups is 1. The molecule has 1 aromatic rings. The van der Waals surface area contributed by atoms with Gasteiger partial charge >= 0.3 is 5.69 Å². The van der Waals surface area contributed by atoms with Crippen LogP contribution in [0, 0.1) is 0 Å². The van der Waals surface area contributed by atoms with Gasteiger partial charge in [0.25, 0.3) is 5.56 Å². The zero-order valence-electron chi connectivity index (χ0n) is 15.6. The minimum atomic E-state index is -0.494. The minimum Gasteiger partial charge on any atom is -0.383 e. The molecule has 0 radical (unpaired) electrons. The van der Waals surface area contributed by atoms with Crippen LogP contribution >= 0.6 is 12.2 Å². The minimum absolute atomic E-state index is 0.0978. The lowest BCUT2D eigenvalue weighted by molar-refractivity contribution is 0.600. The number of aromatic amines is 1. The van der Waals surface area contributed by atoms with Crippen molar-refractivity contribution in [3.63, 3.8) is 0 Å². The van der Waals surface area contributed by atoms with Crippen molar-refractivity contribution in [2.75, 3.05) is 17.2 Å². The highest BCUT2D eigenvalue weighted by Crippen LogP contribution is 2.29. The number of nitrogens with zero attached hydrogens (tertiary/aromatic N) is 2. The second-order valence-corrected chi connectivity index (χ2v) is 7.31. The smallest absolute Gasteiger partial charge is 0.330 e. The predicted molar refractivity (Wildman–Crippen MR) is 111 cm³/mol. The van der Waals surface area contributed by atoms with Gasteiger partial charge in [-0.2, -0.15) is 0 Å². The molecule has 26 heavy (non-hydrogen) atoms. The van der Waals surface area contributed by atoms with Gasteiger partial charge in [-0.1, -0.05) is 38.3 Å². The maximum absolute atomic E-state index is 12.6. The van der Waals surface area contributed by atoms with E-state index in [4.69, 9.17) is 18.0 Å². The van der Waals surface area contributed by atoms with Crippen LogP contribution in [0.3, 0.4) is 0 Å². The molecule has 1 fully saturated rings. The molecular formula is C18H29N5O2S. The van der Waals surface area contributed by atoms with Crippen molar-refractivity contribution in [2.45, 2.75) is 65.0 Å². The topological polar surface area (TPSA) is 96.2 Å². The molecule has 1 saturated carbocycles. The van der Waals surface area contributed by atoms with E-state index in [0.717, 1.165) is 44.1 Å². The average Bonchev–Trinajstić information content (AvgIpc) is 3.10. The summed E-state index contributed by atoms with van der Waals surface area (Å²) in [5.41, 5.74) is 6.52. The van der Waals surface area contributed by atoms with Crippen molar-refractivity contribution in [1.29, 1.82) is 0 Å². The Hall–Kier alpha value is -2.09. The third-order valence-electron chi connectivity index (χ3n) is 4.64. The maximum atomic E-state index is 12.6. The van der Waals surface area contributed by atoms with Gasteiger partial charge in [-0.25, -0.2) is 4.79 Å². The molecular weight excluding hydrogens is 350 g/mol. The Bertz CT molecular complexity index is 777. The summed E-state index contributed by atoms with van der Waals surface area (Å²) in [5.74, 6) is 0.179. The van der Waals surface area contributed by atoms with Gasteiger partial charge in [0.1, 0.15) is 5.82 Å². The SMILES string of the molecule is C=C(C)CNC(=S)N(c1c(N)n(CCCC)c(=O)[nH]c1=O)C1CCCC1. The Morgan fingerprint density at radius 2 is 2.08 bits per heavy atom. The van der Waals surface area contributed by atoms with Crippen molar-refractivity contribution >= 4 is 28.8 Å². The van der Waals surface area contributed by atoms with Crippen LogP contribution in [-0.4, -0.2) is 27.3 Å². The van der Waals surface area contributed by atoms with E-state index < -0.39 is 11.2 Å². The van der Waals surface area contributed by atoms with E-state index in [-0.39, 0.29) is 17.5 Å². The Morgan fingerprint density at radius 1 is 1.42 bits per heavy atom.